The lowest BCUT2D eigenvalue weighted by Gasteiger charge is -2.13. The molecule has 0 fully saturated rings. The van der Waals surface area contributed by atoms with Gasteiger partial charge in [0.15, 0.2) is 5.13 Å². The van der Waals surface area contributed by atoms with Crippen LogP contribution in [0.4, 0.5) is 9.93 Å². The molecule has 1 heterocycles. The van der Waals surface area contributed by atoms with E-state index < -0.39 is 6.09 Å². The molecule has 0 saturated carbocycles. The molecule has 0 aliphatic rings. The van der Waals surface area contributed by atoms with Crippen molar-refractivity contribution in [1.29, 1.82) is 0 Å². The Bertz CT molecular complexity index is 701. The van der Waals surface area contributed by atoms with Gasteiger partial charge < -0.3 is 10.1 Å². The highest BCUT2D eigenvalue weighted by Crippen LogP contribution is 2.17. The molecule has 0 aliphatic heterocycles. The van der Waals surface area contributed by atoms with Crippen LogP contribution in [0, 0.1) is 5.92 Å². The van der Waals surface area contributed by atoms with Crippen LogP contribution in [-0.4, -0.2) is 23.6 Å². The topological polar surface area (TPSA) is 80.3 Å². The molecule has 0 aliphatic carbocycles. The van der Waals surface area contributed by atoms with Crippen molar-refractivity contribution in [3.05, 3.63) is 47.0 Å². The Morgan fingerprint density at radius 3 is 2.60 bits per heavy atom. The smallest absolute Gasteiger partial charge is 0.413 e. The summed E-state index contributed by atoms with van der Waals surface area (Å²) in [6.45, 7) is 6.21. The molecule has 0 radical (unpaired) electrons. The number of aromatic nitrogens is 1. The summed E-state index contributed by atoms with van der Waals surface area (Å²) >= 11 is 1.27. The number of thiazole rings is 1. The van der Waals surface area contributed by atoms with Gasteiger partial charge >= 0.3 is 6.09 Å². The number of nitrogens with one attached hydrogen (secondary N) is 2. The zero-order chi connectivity index (χ0) is 18.2. The van der Waals surface area contributed by atoms with Crippen LogP contribution in [0.1, 0.15) is 38.1 Å². The summed E-state index contributed by atoms with van der Waals surface area (Å²) in [6, 6.07) is 9.69. The van der Waals surface area contributed by atoms with Crippen LogP contribution < -0.4 is 10.6 Å². The number of hydrogen-bond acceptors (Lipinski definition) is 5. The molecule has 25 heavy (non-hydrogen) atoms. The molecule has 1 unspecified atom stereocenters. The van der Waals surface area contributed by atoms with E-state index in [1.54, 1.807) is 5.38 Å². The van der Waals surface area contributed by atoms with Crippen LogP contribution in [0.5, 0.6) is 0 Å². The third-order valence-corrected chi connectivity index (χ3v) is 4.13. The molecule has 1 aromatic heterocycles. The molecule has 0 spiro atoms. The van der Waals surface area contributed by atoms with Gasteiger partial charge in [0.1, 0.15) is 0 Å². The lowest BCUT2D eigenvalue weighted by Crippen LogP contribution is -2.28. The van der Waals surface area contributed by atoms with Crippen LogP contribution in [0.2, 0.25) is 0 Å². The number of hydrogen-bond donors (Lipinski definition) is 2. The van der Waals surface area contributed by atoms with E-state index in [9.17, 15) is 9.59 Å². The van der Waals surface area contributed by atoms with Crippen LogP contribution in [0.3, 0.4) is 0 Å². The van der Waals surface area contributed by atoms with Crippen molar-refractivity contribution in [2.24, 2.45) is 5.92 Å². The summed E-state index contributed by atoms with van der Waals surface area (Å²) in [5.74, 6) is 0.156. The maximum absolute atomic E-state index is 12.1. The second-order valence-electron chi connectivity index (χ2n) is 6.14. The fourth-order valence-corrected chi connectivity index (χ4v) is 2.79. The summed E-state index contributed by atoms with van der Waals surface area (Å²) in [4.78, 5) is 28.0. The van der Waals surface area contributed by atoms with Crippen molar-refractivity contribution in [2.75, 3.05) is 11.9 Å². The van der Waals surface area contributed by atoms with Gasteiger partial charge in [-0.1, -0.05) is 44.2 Å². The molecule has 1 aromatic carbocycles. The third kappa shape index (κ3) is 6.54. The molecule has 7 heteroatoms. The Kier molecular flexibility index (Phi) is 6.94. The van der Waals surface area contributed by atoms with Crippen molar-refractivity contribution < 1.29 is 14.3 Å². The first-order valence-corrected chi connectivity index (χ1v) is 9.04. The second kappa shape index (κ2) is 9.17. The molecule has 1 atom stereocenters. The van der Waals surface area contributed by atoms with Gasteiger partial charge in [-0.3, -0.25) is 10.1 Å². The Morgan fingerprint density at radius 2 is 1.92 bits per heavy atom. The minimum atomic E-state index is -0.531. The Balaban J connectivity index is 1.82. The van der Waals surface area contributed by atoms with Gasteiger partial charge in [-0.15, -0.1) is 11.3 Å². The normalized spacial score (nSPS) is 11.8. The Morgan fingerprint density at radius 1 is 1.20 bits per heavy atom. The van der Waals surface area contributed by atoms with Crippen molar-refractivity contribution in [3.8, 4) is 0 Å². The lowest BCUT2D eigenvalue weighted by molar-refractivity contribution is -0.121. The average molecular weight is 361 g/mol. The van der Waals surface area contributed by atoms with Gasteiger partial charge in [0.2, 0.25) is 5.91 Å². The van der Waals surface area contributed by atoms with Crippen LogP contribution in [0.25, 0.3) is 0 Å². The first-order valence-electron chi connectivity index (χ1n) is 8.16. The van der Waals surface area contributed by atoms with E-state index in [1.807, 2.05) is 51.1 Å². The maximum atomic E-state index is 12.1. The first-order chi connectivity index (χ1) is 11.9. The van der Waals surface area contributed by atoms with Crippen molar-refractivity contribution >= 4 is 28.5 Å². The number of benzene rings is 1. The van der Waals surface area contributed by atoms with Gasteiger partial charge in [0.05, 0.1) is 24.8 Å². The monoisotopic (exact) mass is 361 g/mol. The SMILES string of the molecule is CC(C)COC(=O)Nc1nc(CC(=O)NC(C)c2ccccc2)cs1. The highest BCUT2D eigenvalue weighted by atomic mass is 32.1. The van der Waals surface area contributed by atoms with Gasteiger partial charge in [0, 0.05) is 5.38 Å². The molecule has 6 nitrogen and oxygen atoms in total. The van der Waals surface area contributed by atoms with Gasteiger partial charge in [0.25, 0.3) is 0 Å². The summed E-state index contributed by atoms with van der Waals surface area (Å²) in [6.07, 6.45) is -0.368. The Labute approximate surface area is 151 Å². The minimum absolute atomic E-state index is 0.0732. The molecule has 2 aromatic rings. The molecule has 2 N–H and O–H groups in total. The summed E-state index contributed by atoms with van der Waals surface area (Å²) in [5.41, 5.74) is 1.66. The van der Waals surface area contributed by atoms with E-state index in [4.69, 9.17) is 4.74 Å². The molecule has 0 saturated heterocycles. The largest absolute Gasteiger partial charge is 0.449 e. The summed E-state index contributed by atoms with van der Waals surface area (Å²) < 4.78 is 5.04. The molecular formula is C18H23N3O3S. The first kappa shape index (κ1) is 18.9. The molecule has 134 valence electrons. The summed E-state index contributed by atoms with van der Waals surface area (Å²) in [5, 5.41) is 7.69. The number of rotatable bonds is 7. The van der Waals surface area contributed by atoms with Crippen molar-refractivity contribution in [3.63, 3.8) is 0 Å². The number of amides is 2. The zero-order valence-corrected chi connectivity index (χ0v) is 15.4. The predicted molar refractivity (Wildman–Crippen MR) is 98.6 cm³/mol. The minimum Gasteiger partial charge on any atom is -0.449 e. The number of carbonyl (C=O) groups is 2. The number of ether oxygens (including phenoxy) is 1. The van der Waals surface area contributed by atoms with Gasteiger partial charge in [-0.25, -0.2) is 9.78 Å². The van der Waals surface area contributed by atoms with E-state index in [0.717, 1.165) is 5.56 Å². The van der Waals surface area contributed by atoms with E-state index in [-0.39, 0.29) is 24.3 Å². The lowest BCUT2D eigenvalue weighted by atomic mass is 10.1. The fourth-order valence-electron chi connectivity index (χ4n) is 2.09. The highest BCUT2D eigenvalue weighted by Gasteiger charge is 2.13. The predicted octanol–water partition coefficient (Wildman–Crippen LogP) is 3.77. The Hall–Kier alpha value is -2.41. The van der Waals surface area contributed by atoms with Gasteiger partial charge in [-0.2, -0.15) is 0 Å². The van der Waals surface area contributed by atoms with E-state index >= 15 is 0 Å². The van der Waals surface area contributed by atoms with Crippen LogP contribution >= 0.6 is 11.3 Å². The number of nitrogens with zero attached hydrogens (tertiary/aromatic N) is 1. The van der Waals surface area contributed by atoms with Crippen LogP contribution in [-0.2, 0) is 16.0 Å². The van der Waals surface area contributed by atoms with Crippen molar-refractivity contribution in [1.82, 2.24) is 10.3 Å². The number of anilines is 1. The molecule has 0 bridgehead atoms. The maximum Gasteiger partial charge on any atom is 0.413 e. The fraction of sp³-hybridized carbons (Fsp3) is 0.389. The molecule has 2 rings (SSSR count). The van der Waals surface area contributed by atoms with E-state index in [0.29, 0.717) is 17.4 Å². The summed E-state index contributed by atoms with van der Waals surface area (Å²) in [7, 11) is 0. The van der Waals surface area contributed by atoms with Crippen LogP contribution in [0.15, 0.2) is 35.7 Å². The van der Waals surface area contributed by atoms with Crippen molar-refractivity contribution in [2.45, 2.75) is 33.2 Å². The highest BCUT2D eigenvalue weighted by molar-refractivity contribution is 7.13. The second-order valence-corrected chi connectivity index (χ2v) is 7.00. The standard InChI is InChI=1S/C18H23N3O3S/c1-12(2)10-24-18(23)21-17-20-15(11-25-17)9-16(22)19-13(3)14-7-5-4-6-8-14/h4-8,11-13H,9-10H2,1-3H3,(H,19,22)(H,20,21,23). The quantitative estimate of drug-likeness (QED) is 0.787. The zero-order valence-electron chi connectivity index (χ0n) is 14.6. The van der Waals surface area contributed by atoms with E-state index in [1.165, 1.54) is 11.3 Å². The van der Waals surface area contributed by atoms with E-state index in [2.05, 4.69) is 15.6 Å². The molecular weight excluding hydrogens is 338 g/mol. The van der Waals surface area contributed by atoms with Gasteiger partial charge in [-0.05, 0) is 18.4 Å². The third-order valence-electron chi connectivity index (χ3n) is 3.33. The average Bonchev–Trinajstić information content (AvgIpc) is 3.00. The molecule has 2 amide bonds. The number of carbonyl (C=O) groups excluding carboxylic acids is 2.